The Morgan fingerprint density at radius 1 is 1.18 bits per heavy atom. The molecule has 0 aromatic heterocycles. The molecule has 178 valence electrons. The molecule has 1 heterocycles. The predicted molar refractivity (Wildman–Crippen MR) is 132 cm³/mol. The third-order valence-corrected chi connectivity index (χ3v) is 6.24. The molecule has 1 atom stereocenters. The van der Waals surface area contributed by atoms with Gasteiger partial charge in [-0.2, -0.15) is 0 Å². The van der Waals surface area contributed by atoms with E-state index in [0.29, 0.717) is 47.5 Å². The maximum absolute atomic E-state index is 12.6. The molecule has 1 fully saturated rings. The Balaban J connectivity index is 1.30. The number of carbonyl (C=O) groups is 2. The second-order valence-electron chi connectivity index (χ2n) is 8.46. The molecule has 2 amide bonds. The van der Waals surface area contributed by atoms with Crippen molar-refractivity contribution in [1.29, 1.82) is 0 Å². The van der Waals surface area contributed by atoms with Crippen molar-refractivity contribution in [2.24, 2.45) is 5.92 Å². The number of ether oxygens (including phenoxy) is 1. The molecule has 7 nitrogen and oxygen atoms in total. The van der Waals surface area contributed by atoms with E-state index >= 15 is 0 Å². The summed E-state index contributed by atoms with van der Waals surface area (Å²) < 4.78 is 5.27. The van der Waals surface area contributed by atoms with Gasteiger partial charge in [0.15, 0.2) is 0 Å². The van der Waals surface area contributed by atoms with Gasteiger partial charge in [-0.15, -0.1) is 0 Å². The van der Waals surface area contributed by atoms with E-state index in [1.807, 2.05) is 30.3 Å². The number of carbonyl (C=O) groups excluding carboxylic acids is 2. The van der Waals surface area contributed by atoms with Crippen molar-refractivity contribution in [3.8, 4) is 5.75 Å². The molecule has 0 aliphatic carbocycles. The highest BCUT2D eigenvalue weighted by molar-refractivity contribution is 6.33. The SMILES string of the molecule is COc1cc(N)c(Cl)cc1C(=O)NC[C@H]1CCN(CCCCNC(=O)Cc2ccccc2)C1. The zero-order valence-electron chi connectivity index (χ0n) is 19.1. The molecule has 0 saturated carbocycles. The largest absolute Gasteiger partial charge is 0.496 e. The van der Waals surface area contributed by atoms with Crippen LogP contribution < -0.4 is 21.1 Å². The Morgan fingerprint density at radius 3 is 2.73 bits per heavy atom. The lowest BCUT2D eigenvalue weighted by atomic mass is 10.1. The van der Waals surface area contributed by atoms with Crippen molar-refractivity contribution in [1.82, 2.24) is 15.5 Å². The first kappa shape index (κ1) is 24.9. The topological polar surface area (TPSA) is 96.7 Å². The summed E-state index contributed by atoms with van der Waals surface area (Å²) in [5.74, 6) is 0.684. The van der Waals surface area contributed by atoms with Gasteiger partial charge in [0.05, 0.1) is 29.8 Å². The molecule has 0 radical (unpaired) electrons. The fourth-order valence-corrected chi connectivity index (χ4v) is 4.23. The molecular formula is C25H33ClN4O3. The monoisotopic (exact) mass is 472 g/mol. The summed E-state index contributed by atoms with van der Waals surface area (Å²) in [5, 5.41) is 6.33. The highest BCUT2D eigenvalue weighted by Gasteiger charge is 2.23. The molecule has 0 unspecified atom stereocenters. The van der Waals surface area contributed by atoms with Crippen LogP contribution in [0.15, 0.2) is 42.5 Å². The maximum atomic E-state index is 12.6. The Bertz CT molecular complexity index is 939. The van der Waals surface area contributed by atoms with Gasteiger partial charge < -0.3 is 26.0 Å². The highest BCUT2D eigenvalue weighted by Crippen LogP contribution is 2.29. The van der Waals surface area contributed by atoms with Gasteiger partial charge in [-0.05, 0) is 49.9 Å². The first-order valence-corrected chi connectivity index (χ1v) is 11.8. The number of nitrogen functional groups attached to an aromatic ring is 1. The van der Waals surface area contributed by atoms with Crippen LogP contribution in [0.3, 0.4) is 0 Å². The van der Waals surface area contributed by atoms with Crippen molar-refractivity contribution < 1.29 is 14.3 Å². The molecule has 1 aliphatic heterocycles. The third kappa shape index (κ3) is 7.65. The molecule has 1 saturated heterocycles. The Labute approximate surface area is 200 Å². The first-order valence-electron chi connectivity index (χ1n) is 11.4. The van der Waals surface area contributed by atoms with Gasteiger partial charge in [-0.1, -0.05) is 41.9 Å². The van der Waals surface area contributed by atoms with Crippen molar-refractivity contribution in [2.45, 2.75) is 25.7 Å². The fraction of sp³-hybridized carbons (Fsp3) is 0.440. The van der Waals surface area contributed by atoms with E-state index in [0.717, 1.165) is 44.5 Å². The zero-order chi connectivity index (χ0) is 23.6. The fourth-order valence-electron chi connectivity index (χ4n) is 4.06. The molecule has 3 rings (SSSR count). The lowest BCUT2D eigenvalue weighted by Gasteiger charge is -2.17. The van der Waals surface area contributed by atoms with Crippen LogP contribution in [0.2, 0.25) is 5.02 Å². The van der Waals surface area contributed by atoms with Crippen LogP contribution in [-0.2, 0) is 11.2 Å². The maximum Gasteiger partial charge on any atom is 0.255 e. The van der Waals surface area contributed by atoms with Crippen LogP contribution in [0.25, 0.3) is 0 Å². The molecule has 0 bridgehead atoms. The summed E-state index contributed by atoms with van der Waals surface area (Å²) in [4.78, 5) is 27.0. The number of nitrogens with two attached hydrogens (primary N) is 1. The number of methoxy groups -OCH3 is 1. The van der Waals surface area contributed by atoms with E-state index in [4.69, 9.17) is 22.1 Å². The number of likely N-dealkylation sites (tertiary alicyclic amines) is 1. The van der Waals surface area contributed by atoms with E-state index in [1.54, 1.807) is 12.1 Å². The zero-order valence-corrected chi connectivity index (χ0v) is 19.9. The summed E-state index contributed by atoms with van der Waals surface area (Å²) in [6.45, 7) is 4.29. The van der Waals surface area contributed by atoms with Gasteiger partial charge in [-0.3, -0.25) is 9.59 Å². The molecule has 2 aromatic carbocycles. The Hall–Kier alpha value is -2.77. The quantitative estimate of drug-likeness (QED) is 0.345. The van der Waals surface area contributed by atoms with Gasteiger partial charge in [0.2, 0.25) is 5.91 Å². The number of halogens is 1. The first-order chi connectivity index (χ1) is 16.0. The number of nitrogens with zero attached hydrogens (tertiary/aromatic N) is 1. The van der Waals surface area contributed by atoms with Crippen molar-refractivity contribution in [3.63, 3.8) is 0 Å². The standard InChI is InChI=1S/C25H33ClN4O3/c1-33-23-15-22(27)21(26)14-20(23)25(32)29-16-19-9-12-30(17-19)11-6-5-10-28-24(31)13-18-7-3-2-4-8-18/h2-4,7-8,14-15,19H,5-6,9-13,16-17,27H2,1H3,(H,28,31)(H,29,32)/t19-/m1/s1. The summed E-state index contributed by atoms with van der Waals surface area (Å²) in [7, 11) is 1.50. The average Bonchev–Trinajstić information content (AvgIpc) is 3.27. The second kappa shape index (κ2) is 12.5. The minimum atomic E-state index is -0.210. The summed E-state index contributed by atoms with van der Waals surface area (Å²) in [6, 6.07) is 12.9. The van der Waals surface area contributed by atoms with Crippen LogP contribution in [0.4, 0.5) is 5.69 Å². The lowest BCUT2D eigenvalue weighted by molar-refractivity contribution is -0.120. The number of hydrogen-bond acceptors (Lipinski definition) is 5. The number of unbranched alkanes of at least 4 members (excludes halogenated alkanes) is 1. The number of hydrogen-bond donors (Lipinski definition) is 3. The molecule has 33 heavy (non-hydrogen) atoms. The van der Waals surface area contributed by atoms with E-state index in [2.05, 4.69) is 15.5 Å². The molecule has 0 spiro atoms. The van der Waals surface area contributed by atoms with Gasteiger partial charge in [0, 0.05) is 25.7 Å². The van der Waals surface area contributed by atoms with E-state index < -0.39 is 0 Å². The molecule has 4 N–H and O–H groups in total. The Kier molecular flexibility index (Phi) is 9.39. The van der Waals surface area contributed by atoms with Crippen molar-refractivity contribution in [2.75, 3.05) is 45.6 Å². The molecular weight excluding hydrogens is 440 g/mol. The number of nitrogens with one attached hydrogen (secondary N) is 2. The lowest BCUT2D eigenvalue weighted by Crippen LogP contribution is -2.31. The number of anilines is 1. The molecule has 2 aromatic rings. The van der Waals surface area contributed by atoms with Crippen LogP contribution in [0.5, 0.6) is 5.75 Å². The minimum Gasteiger partial charge on any atom is -0.496 e. The van der Waals surface area contributed by atoms with Crippen LogP contribution in [-0.4, -0.2) is 56.5 Å². The van der Waals surface area contributed by atoms with Crippen LogP contribution in [0, 0.1) is 5.92 Å². The third-order valence-electron chi connectivity index (χ3n) is 5.92. The van der Waals surface area contributed by atoms with Crippen LogP contribution >= 0.6 is 11.6 Å². The second-order valence-corrected chi connectivity index (χ2v) is 8.87. The highest BCUT2D eigenvalue weighted by atomic mass is 35.5. The van der Waals surface area contributed by atoms with E-state index in [-0.39, 0.29) is 11.8 Å². The average molecular weight is 473 g/mol. The normalized spacial score (nSPS) is 15.9. The summed E-state index contributed by atoms with van der Waals surface area (Å²) in [6.07, 6.45) is 3.46. The number of rotatable bonds is 11. The van der Waals surface area contributed by atoms with Crippen molar-refractivity contribution in [3.05, 3.63) is 58.6 Å². The summed E-state index contributed by atoms with van der Waals surface area (Å²) >= 11 is 6.07. The van der Waals surface area contributed by atoms with Crippen LogP contribution in [0.1, 0.15) is 35.2 Å². The van der Waals surface area contributed by atoms with E-state index in [1.165, 1.54) is 7.11 Å². The Morgan fingerprint density at radius 2 is 1.97 bits per heavy atom. The van der Waals surface area contributed by atoms with Gasteiger partial charge in [-0.25, -0.2) is 0 Å². The predicted octanol–water partition coefficient (Wildman–Crippen LogP) is 3.12. The molecule has 8 heteroatoms. The van der Waals surface area contributed by atoms with Gasteiger partial charge in [0.1, 0.15) is 5.75 Å². The van der Waals surface area contributed by atoms with Gasteiger partial charge in [0.25, 0.3) is 5.91 Å². The van der Waals surface area contributed by atoms with Crippen molar-refractivity contribution >= 4 is 29.1 Å². The number of benzene rings is 2. The van der Waals surface area contributed by atoms with E-state index in [9.17, 15) is 9.59 Å². The summed E-state index contributed by atoms with van der Waals surface area (Å²) in [5.41, 5.74) is 7.59. The van der Waals surface area contributed by atoms with Gasteiger partial charge >= 0.3 is 0 Å². The smallest absolute Gasteiger partial charge is 0.255 e. The molecule has 1 aliphatic rings. The minimum absolute atomic E-state index is 0.0669. The number of amides is 2.